The van der Waals surface area contributed by atoms with Crippen LogP contribution in [-0.4, -0.2) is 33.5 Å². The molecule has 19 heavy (non-hydrogen) atoms. The molecule has 0 unspecified atom stereocenters. The summed E-state index contributed by atoms with van der Waals surface area (Å²) in [6, 6.07) is 6.88. The molecule has 1 N–H and O–H groups in total. The van der Waals surface area contributed by atoms with E-state index in [1.165, 1.54) is 4.90 Å². The lowest BCUT2D eigenvalue weighted by Gasteiger charge is -2.36. The predicted molar refractivity (Wildman–Crippen MR) is 69.8 cm³/mol. The monoisotopic (exact) mass is 259 g/mol. The van der Waals surface area contributed by atoms with E-state index >= 15 is 0 Å². The number of imide groups is 1. The molecule has 1 aliphatic heterocycles. The van der Waals surface area contributed by atoms with Crippen molar-refractivity contribution < 1.29 is 14.7 Å². The lowest BCUT2D eigenvalue weighted by atomic mass is 9.83. The Morgan fingerprint density at radius 2 is 1.58 bits per heavy atom. The lowest BCUT2D eigenvalue weighted by molar-refractivity contribution is -0.00120. The molecule has 1 aliphatic carbocycles. The van der Waals surface area contributed by atoms with Crippen LogP contribution in [0.2, 0.25) is 0 Å². The van der Waals surface area contributed by atoms with Crippen molar-refractivity contribution >= 4 is 11.8 Å². The molecule has 0 bridgehead atoms. The van der Waals surface area contributed by atoms with E-state index < -0.39 is 5.60 Å². The first-order valence-corrected chi connectivity index (χ1v) is 6.69. The fourth-order valence-corrected chi connectivity index (χ4v) is 3.02. The molecule has 4 heteroatoms. The first-order chi connectivity index (χ1) is 8.99. The van der Waals surface area contributed by atoms with E-state index in [1.54, 1.807) is 24.3 Å². The van der Waals surface area contributed by atoms with Gasteiger partial charge in [0.2, 0.25) is 0 Å². The van der Waals surface area contributed by atoms with E-state index in [0.29, 0.717) is 36.8 Å². The van der Waals surface area contributed by atoms with E-state index in [1.807, 2.05) is 6.92 Å². The third-order valence-electron chi connectivity index (χ3n) is 4.22. The normalized spacial score (nSPS) is 30.6. The zero-order valence-electron chi connectivity index (χ0n) is 10.9. The van der Waals surface area contributed by atoms with Gasteiger partial charge in [-0.15, -0.1) is 0 Å². The van der Waals surface area contributed by atoms with Gasteiger partial charge in [-0.2, -0.15) is 0 Å². The second-order valence-electron chi connectivity index (χ2n) is 5.75. The second-order valence-corrected chi connectivity index (χ2v) is 5.75. The van der Waals surface area contributed by atoms with Crippen LogP contribution in [0.4, 0.5) is 0 Å². The molecule has 3 rings (SSSR count). The summed E-state index contributed by atoms with van der Waals surface area (Å²) < 4.78 is 0. The van der Waals surface area contributed by atoms with Crippen molar-refractivity contribution in [3.05, 3.63) is 35.4 Å². The van der Waals surface area contributed by atoms with Crippen LogP contribution in [0.25, 0.3) is 0 Å². The summed E-state index contributed by atoms with van der Waals surface area (Å²) in [6.07, 6.45) is 2.62. The Kier molecular flexibility index (Phi) is 2.71. The van der Waals surface area contributed by atoms with Crippen molar-refractivity contribution in [2.75, 3.05) is 0 Å². The van der Waals surface area contributed by atoms with Crippen LogP contribution in [0.5, 0.6) is 0 Å². The van der Waals surface area contributed by atoms with Gasteiger partial charge in [0.25, 0.3) is 11.8 Å². The highest BCUT2D eigenvalue weighted by molar-refractivity contribution is 6.21. The zero-order valence-corrected chi connectivity index (χ0v) is 10.9. The molecule has 100 valence electrons. The summed E-state index contributed by atoms with van der Waals surface area (Å²) in [7, 11) is 0. The third kappa shape index (κ3) is 1.96. The maximum absolute atomic E-state index is 12.3. The van der Waals surface area contributed by atoms with Gasteiger partial charge in [0.15, 0.2) is 0 Å². The zero-order chi connectivity index (χ0) is 13.6. The number of hydrogen-bond acceptors (Lipinski definition) is 3. The van der Waals surface area contributed by atoms with E-state index in [9.17, 15) is 14.7 Å². The molecule has 0 saturated heterocycles. The van der Waals surface area contributed by atoms with Gasteiger partial charge in [-0.1, -0.05) is 12.1 Å². The van der Waals surface area contributed by atoms with Crippen molar-refractivity contribution in [3.63, 3.8) is 0 Å². The van der Waals surface area contributed by atoms with Crippen LogP contribution in [-0.2, 0) is 0 Å². The number of benzene rings is 1. The molecule has 1 fully saturated rings. The summed E-state index contributed by atoms with van der Waals surface area (Å²) in [5.74, 6) is -0.376. The predicted octanol–water partition coefficient (Wildman–Crippen LogP) is 1.98. The van der Waals surface area contributed by atoms with Gasteiger partial charge in [-0.25, -0.2) is 0 Å². The molecule has 1 heterocycles. The van der Waals surface area contributed by atoms with Gasteiger partial charge >= 0.3 is 0 Å². The minimum absolute atomic E-state index is 0.0763. The Labute approximate surface area is 112 Å². The number of amides is 2. The molecular formula is C15H17NO3. The first-order valence-electron chi connectivity index (χ1n) is 6.69. The highest BCUT2D eigenvalue weighted by Crippen LogP contribution is 2.34. The van der Waals surface area contributed by atoms with Gasteiger partial charge < -0.3 is 5.11 Å². The number of fused-ring (bicyclic) bond motifs is 1. The molecule has 0 atom stereocenters. The number of nitrogens with zero attached hydrogens (tertiary/aromatic N) is 1. The number of hydrogen-bond donors (Lipinski definition) is 1. The molecule has 1 aromatic rings. The van der Waals surface area contributed by atoms with Crippen molar-refractivity contribution in [3.8, 4) is 0 Å². The maximum Gasteiger partial charge on any atom is 0.261 e. The highest BCUT2D eigenvalue weighted by Gasteiger charge is 2.42. The third-order valence-corrected chi connectivity index (χ3v) is 4.22. The first kappa shape index (κ1) is 12.4. The molecule has 4 nitrogen and oxygen atoms in total. The van der Waals surface area contributed by atoms with Gasteiger partial charge in [0.05, 0.1) is 16.7 Å². The van der Waals surface area contributed by atoms with Gasteiger partial charge in [-0.3, -0.25) is 14.5 Å². The summed E-state index contributed by atoms with van der Waals surface area (Å²) in [4.78, 5) is 26.0. The quantitative estimate of drug-likeness (QED) is 0.784. The number of rotatable bonds is 1. The molecular weight excluding hydrogens is 242 g/mol. The molecule has 1 saturated carbocycles. The summed E-state index contributed by atoms with van der Waals surface area (Å²) in [6.45, 7) is 1.81. The highest BCUT2D eigenvalue weighted by atomic mass is 16.3. The SMILES string of the molecule is C[C@]1(O)CC[C@@H](N2C(=O)c3ccccc3C2=O)CC1. The fourth-order valence-electron chi connectivity index (χ4n) is 3.02. The minimum Gasteiger partial charge on any atom is -0.390 e. The van der Waals surface area contributed by atoms with Crippen LogP contribution in [0.3, 0.4) is 0 Å². The van der Waals surface area contributed by atoms with Crippen LogP contribution in [0, 0.1) is 0 Å². The van der Waals surface area contributed by atoms with Crippen LogP contribution in [0.1, 0.15) is 53.3 Å². The van der Waals surface area contributed by atoms with Gasteiger partial charge in [0, 0.05) is 6.04 Å². The summed E-state index contributed by atoms with van der Waals surface area (Å²) in [5.41, 5.74) is 0.351. The molecule has 0 radical (unpaired) electrons. The van der Waals surface area contributed by atoms with Crippen molar-refractivity contribution in [1.82, 2.24) is 4.90 Å². The van der Waals surface area contributed by atoms with E-state index in [-0.39, 0.29) is 17.9 Å². The Balaban J connectivity index is 1.85. The average Bonchev–Trinajstić information content (AvgIpc) is 2.64. The fraction of sp³-hybridized carbons (Fsp3) is 0.467. The van der Waals surface area contributed by atoms with E-state index in [0.717, 1.165) is 0 Å². The standard InChI is InChI=1S/C15H17NO3/c1-15(19)8-6-10(7-9-15)16-13(17)11-4-2-3-5-12(11)14(16)18/h2-5,10,19H,6-9H2,1H3/t10-,15+. The molecule has 0 aromatic heterocycles. The lowest BCUT2D eigenvalue weighted by Crippen LogP contribution is -2.45. The van der Waals surface area contributed by atoms with Gasteiger partial charge in [0.1, 0.15) is 0 Å². The van der Waals surface area contributed by atoms with E-state index in [2.05, 4.69) is 0 Å². The Hall–Kier alpha value is -1.68. The number of carbonyl (C=O) groups is 2. The summed E-state index contributed by atoms with van der Waals surface area (Å²) in [5, 5.41) is 9.95. The Bertz CT molecular complexity index is 505. The molecule has 1 aromatic carbocycles. The van der Waals surface area contributed by atoms with Crippen LogP contribution >= 0.6 is 0 Å². The smallest absolute Gasteiger partial charge is 0.261 e. The Morgan fingerprint density at radius 1 is 1.11 bits per heavy atom. The van der Waals surface area contributed by atoms with Crippen molar-refractivity contribution in [2.45, 2.75) is 44.2 Å². The van der Waals surface area contributed by atoms with Crippen molar-refractivity contribution in [2.24, 2.45) is 0 Å². The Morgan fingerprint density at radius 3 is 2.05 bits per heavy atom. The van der Waals surface area contributed by atoms with Crippen LogP contribution < -0.4 is 0 Å². The summed E-state index contributed by atoms with van der Waals surface area (Å²) >= 11 is 0. The minimum atomic E-state index is -0.658. The van der Waals surface area contributed by atoms with Crippen LogP contribution in [0.15, 0.2) is 24.3 Å². The number of aliphatic hydroxyl groups is 1. The van der Waals surface area contributed by atoms with Gasteiger partial charge in [-0.05, 0) is 44.7 Å². The number of carbonyl (C=O) groups excluding carboxylic acids is 2. The second kappa shape index (κ2) is 4.17. The largest absolute Gasteiger partial charge is 0.390 e. The average molecular weight is 259 g/mol. The molecule has 2 aliphatic rings. The van der Waals surface area contributed by atoms with Crippen molar-refractivity contribution in [1.29, 1.82) is 0 Å². The molecule has 0 spiro atoms. The van der Waals surface area contributed by atoms with E-state index in [4.69, 9.17) is 0 Å². The maximum atomic E-state index is 12.3. The molecule has 2 amide bonds. The topological polar surface area (TPSA) is 57.6 Å².